The van der Waals surface area contributed by atoms with Crippen LogP contribution in [0.15, 0.2) is 36.4 Å². The number of nitrogens with one attached hydrogen (secondary N) is 1. The summed E-state index contributed by atoms with van der Waals surface area (Å²) in [6.07, 6.45) is 0.813. The molecular weight excluding hydrogens is 374 g/mol. The topological polar surface area (TPSA) is 94.1 Å². The molecule has 0 bridgehead atoms. The van der Waals surface area contributed by atoms with Crippen LogP contribution in [0.3, 0.4) is 0 Å². The third kappa shape index (κ3) is 5.79. The quantitative estimate of drug-likeness (QED) is 0.672. The molecule has 27 heavy (non-hydrogen) atoms. The van der Waals surface area contributed by atoms with Crippen LogP contribution >= 0.6 is 11.6 Å². The van der Waals surface area contributed by atoms with Gasteiger partial charge in [0.1, 0.15) is 5.75 Å². The number of ether oxygens (including phenoxy) is 3. The Labute approximate surface area is 161 Å². The van der Waals surface area contributed by atoms with Gasteiger partial charge in [-0.1, -0.05) is 18.5 Å². The zero-order valence-corrected chi connectivity index (χ0v) is 15.7. The summed E-state index contributed by atoms with van der Waals surface area (Å²) in [6.45, 7) is 2.02. The van der Waals surface area contributed by atoms with Gasteiger partial charge in [0.05, 0.1) is 18.7 Å². The largest absolute Gasteiger partial charge is 0.493 e. The molecule has 2 aromatic rings. The number of carbonyl (C=O) groups excluding carboxylic acids is 1. The molecule has 8 heteroatoms. The Morgan fingerprint density at radius 1 is 1.15 bits per heavy atom. The maximum atomic E-state index is 12.5. The van der Waals surface area contributed by atoms with Crippen LogP contribution in [0.5, 0.6) is 17.2 Å². The fraction of sp³-hybridized carbons (Fsp3) is 0.263. The second-order valence-electron chi connectivity index (χ2n) is 5.50. The van der Waals surface area contributed by atoms with Crippen molar-refractivity contribution >= 4 is 29.2 Å². The van der Waals surface area contributed by atoms with Gasteiger partial charge < -0.3 is 24.6 Å². The first-order chi connectivity index (χ1) is 12.9. The van der Waals surface area contributed by atoms with Gasteiger partial charge >= 0.3 is 5.97 Å². The Balaban J connectivity index is 2.11. The number of methoxy groups -OCH3 is 1. The SMILES string of the molecule is CCCOc1c(Cl)cc(C(=O)Nc2ccc(OCC(=O)O)cc2)cc1OC. The van der Waals surface area contributed by atoms with Gasteiger partial charge in [0.2, 0.25) is 0 Å². The number of aliphatic carboxylic acids is 1. The summed E-state index contributed by atoms with van der Waals surface area (Å²) in [4.78, 5) is 23.0. The van der Waals surface area contributed by atoms with E-state index in [0.717, 1.165) is 6.42 Å². The molecule has 0 saturated heterocycles. The maximum Gasteiger partial charge on any atom is 0.341 e. The summed E-state index contributed by atoms with van der Waals surface area (Å²) in [5.41, 5.74) is 0.830. The van der Waals surface area contributed by atoms with Crippen molar-refractivity contribution in [2.24, 2.45) is 0 Å². The van der Waals surface area contributed by atoms with Crippen LogP contribution in [-0.2, 0) is 4.79 Å². The predicted molar refractivity (Wildman–Crippen MR) is 101 cm³/mol. The van der Waals surface area contributed by atoms with Crippen molar-refractivity contribution in [2.75, 3.05) is 25.6 Å². The molecule has 2 N–H and O–H groups in total. The van der Waals surface area contributed by atoms with Crippen molar-refractivity contribution in [1.29, 1.82) is 0 Å². The highest BCUT2D eigenvalue weighted by molar-refractivity contribution is 6.32. The van der Waals surface area contributed by atoms with Crippen LogP contribution in [0, 0.1) is 0 Å². The lowest BCUT2D eigenvalue weighted by atomic mass is 10.1. The first-order valence-corrected chi connectivity index (χ1v) is 8.58. The predicted octanol–water partition coefficient (Wildman–Crippen LogP) is 3.85. The maximum absolute atomic E-state index is 12.5. The average molecular weight is 394 g/mol. The molecule has 0 aromatic heterocycles. The minimum Gasteiger partial charge on any atom is -0.493 e. The molecule has 2 aromatic carbocycles. The molecule has 0 aliphatic carbocycles. The zero-order valence-electron chi connectivity index (χ0n) is 15.0. The molecule has 0 radical (unpaired) electrons. The van der Waals surface area contributed by atoms with E-state index in [0.29, 0.717) is 35.1 Å². The Morgan fingerprint density at radius 3 is 2.44 bits per heavy atom. The molecule has 0 aliphatic rings. The van der Waals surface area contributed by atoms with E-state index < -0.39 is 12.6 Å². The number of halogens is 1. The smallest absolute Gasteiger partial charge is 0.341 e. The number of carbonyl (C=O) groups is 2. The van der Waals surface area contributed by atoms with E-state index in [1.54, 1.807) is 30.3 Å². The highest BCUT2D eigenvalue weighted by Gasteiger charge is 2.16. The lowest BCUT2D eigenvalue weighted by Gasteiger charge is -2.14. The lowest BCUT2D eigenvalue weighted by molar-refractivity contribution is -0.139. The van der Waals surface area contributed by atoms with E-state index in [1.807, 2.05) is 6.92 Å². The number of carboxylic acid groups (broad SMARTS) is 1. The Hall–Kier alpha value is -2.93. The van der Waals surface area contributed by atoms with Crippen LogP contribution in [0.25, 0.3) is 0 Å². The number of benzene rings is 2. The second kappa shape index (κ2) is 9.68. The van der Waals surface area contributed by atoms with Gasteiger partial charge in [0.25, 0.3) is 5.91 Å². The minimum atomic E-state index is -1.07. The van der Waals surface area contributed by atoms with Crippen molar-refractivity contribution in [3.8, 4) is 17.2 Å². The third-order valence-electron chi connectivity index (χ3n) is 3.42. The average Bonchev–Trinajstić information content (AvgIpc) is 2.65. The number of amides is 1. The van der Waals surface area contributed by atoms with Crippen molar-refractivity contribution in [2.45, 2.75) is 13.3 Å². The van der Waals surface area contributed by atoms with Gasteiger partial charge in [-0.15, -0.1) is 0 Å². The van der Waals surface area contributed by atoms with E-state index in [2.05, 4.69) is 5.32 Å². The normalized spacial score (nSPS) is 10.2. The standard InChI is InChI=1S/C19H20ClNO6/c1-3-8-26-18-15(20)9-12(10-16(18)25-2)19(24)21-13-4-6-14(7-5-13)27-11-17(22)23/h4-7,9-10H,3,8,11H2,1-2H3,(H,21,24)(H,22,23). The van der Waals surface area contributed by atoms with Gasteiger partial charge in [-0.3, -0.25) is 4.79 Å². The van der Waals surface area contributed by atoms with E-state index in [9.17, 15) is 9.59 Å². The van der Waals surface area contributed by atoms with Crippen LogP contribution in [-0.4, -0.2) is 37.3 Å². The van der Waals surface area contributed by atoms with Crippen molar-refractivity contribution in [3.63, 3.8) is 0 Å². The highest BCUT2D eigenvalue weighted by Crippen LogP contribution is 2.36. The van der Waals surface area contributed by atoms with Gasteiger partial charge in [-0.05, 0) is 42.8 Å². The summed E-state index contributed by atoms with van der Waals surface area (Å²) in [5, 5.41) is 11.6. The molecule has 0 spiro atoms. The number of rotatable bonds is 9. The third-order valence-corrected chi connectivity index (χ3v) is 3.70. The van der Waals surface area contributed by atoms with Crippen molar-refractivity contribution in [1.82, 2.24) is 0 Å². The number of anilines is 1. The molecule has 0 fully saturated rings. The van der Waals surface area contributed by atoms with Crippen LogP contribution in [0.4, 0.5) is 5.69 Å². The van der Waals surface area contributed by atoms with E-state index in [1.165, 1.54) is 13.2 Å². The van der Waals surface area contributed by atoms with Gasteiger partial charge in [-0.25, -0.2) is 4.79 Å². The zero-order chi connectivity index (χ0) is 19.8. The second-order valence-corrected chi connectivity index (χ2v) is 5.91. The fourth-order valence-electron chi connectivity index (χ4n) is 2.18. The molecule has 144 valence electrons. The van der Waals surface area contributed by atoms with E-state index in [-0.39, 0.29) is 10.9 Å². The Kier molecular flexibility index (Phi) is 7.31. The van der Waals surface area contributed by atoms with Crippen LogP contribution < -0.4 is 19.5 Å². The molecule has 0 atom stereocenters. The first-order valence-electron chi connectivity index (χ1n) is 8.21. The summed E-state index contributed by atoms with van der Waals surface area (Å²) >= 11 is 6.23. The summed E-state index contributed by atoms with van der Waals surface area (Å²) in [7, 11) is 1.47. The molecule has 2 rings (SSSR count). The Bertz CT molecular complexity index is 807. The van der Waals surface area contributed by atoms with Crippen LogP contribution in [0.1, 0.15) is 23.7 Å². The highest BCUT2D eigenvalue weighted by atomic mass is 35.5. The van der Waals surface area contributed by atoms with Gasteiger partial charge in [0, 0.05) is 11.3 Å². The molecule has 0 unspecified atom stereocenters. The molecule has 0 saturated carbocycles. The summed E-state index contributed by atoms with van der Waals surface area (Å²) in [5.74, 6) is -0.283. The van der Waals surface area contributed by atoms with Crippen molar-refractivity contribution in [3.05, 3.63) is 47.0 Å². The summed E-state index contributed by atoms with van der Waals surface area (Å²) < 4.78 is 15.9. The number of carboxylic acids is 1. The van der Waals surface area contributed by atoms with Crippen LogP contribution in [0.2, 0.25) is 5.02 Å². The number of hydrogen-bond donors (Lipinski definition) is 2. The summed E-state index contributed by atoms with van der Waals surface area (Å²) in [6, 6.07) is 9.40. The fourth-order valence-corrected chi connectivity index (χ4v) is 2.44. The first kappa shape index (κ1) is 20.4. The molecule has 1 amide bonds. The number of hydrogen-bond acceptors (Lipinski definition) is 5. The molecular formula is C19H20ClNO6. The molecule has 0 aliphatic heterocycles. The van der Waals surface area contributed by atoms with E-state index >= 15 is 0 Å². The van der Waals surface area contributed by atoms with E-state index in [4.69, 9.17) is 30.9 Å². The van der Waals surface area contributed by atoms with Gasteiger partial charge in [0.15, 0.2) is 18.1 Å². The van der Waals surface area contributed by atoms with Gasteiger partial charge in [-0.2, -0.15) is 0 Å². The monoisotopic (exact) mass is 393 g/mol. The minimum absolute atomic E-state index is 0.283. The van der Waals surface area contributed by atoms with Crippen molar-refractivity contribution < 1.29 is 28.9 Å². The lowest BCUT2D eigenvalue weighted by Crippen LogP contribution is -2.13. The molecule has 0 heterocycles. The molecule has 7 nitrogen and oxygen atoms in total. The Morgan fingerprint density at radius 2 is 1.85 bits per heavy atom.